The first-order chi connectivity index (χ1) is 10.2. The predicted molar refractivity (Wildman–Crippen MR) is 74.4 cm³/mol. The van der Waals surface area contributed by atoms with E-state index in [0.717, 1.165) is 11.1 Å². The van der Waals surface area contributed by atoms with Crippen molar-refractivity contribution in [2.75, 3.05) is 0 Å². The molecule has 1 aliphatic rings. The van der Waals surface area contributed by atoms with E-state index in [9.17, 15) is 9.18 Å². The van der Waals surface area contributed by atoms with E-state index in [1.807, 2.05) is 0 Å². The number of benzene rings is 2. The Labute approximate surface area is 120 Å². The van der Waals surface area contributed by atoms with Crippen LogP contribution in [0.2, 0.25) is 0 Å². The van der Waals surface area contributed by atoms with Crippen LogP contribution in [0.5, 0.6) is 5.75 Å². The van der Waals surface area contributed by atoms with Crippen molar-refractivity contribution in [3.63, 3.8) is 0 Å². The van der Waals surface area contributed by atoms with E-state index in [1.54, 1.807) is 30.3 Å². The molecular formula is C16H12FNO3. The summed E-state index contributed by atoms with van der Waals surface area (Å²) in [6.07, 6.45) is 0.304. The molecule has 0 saturated heterocycles. The third-order valence-corrected chi connectivity index (χ3v) is 3.38. The van der Waals surface area contributed by atoms with Crippen LogP contribution in [0, 0.1) is 5.82 Å². The van der Waals surface area contributed by atoms with E-state index < -0.39 is 0 Å². The van der Waals surface area contributed by atoms with Gasteiger partial charge in [-0.25, -0.2) is 4.39 Å². The normalized spacial score (nSPS) is 15.3. The van der Waals surface area contributed by atoms with Gasteiger partial charge in [0.25, 0.3) is 0 Å². The van der Waals surface area contributed by atoms with Gasteiger partial charge in [-0.1, -0.05) is 17.3 Å². The van der Waals surface area contributed by atoms with Crippen LogP contribution in [0.4, 0.5) is 4.39 Å². The molecule has 21 heavy (non-hydrogen) atoms. The van der Waals surface area contributed by atoms with Crippen molar-refractivity contribution in [2.24, 2.45) is 5.16 Å². The molecule has 0 radical (unpaired) electrons. The number of hydrogen-bond acceptors (Lipinski definition) is 4. The first-order valence-corrected chi connectivity index (χ1v) is 6.43. The Kier molecular flexibility index (Phi) is 3.39. The van der Waals surface area contributed by atoms with Crippen LogP contribution in [0.25, 0.3) is 0 Å². The summed E-state index contributed by atoms with van der Waals surface area (Å²) in [5.41, 5.74) is 2.31. The van der Waals surface area contributed by atoms with E-state index in [0.29, 0.717) is 24.3 Å². The topological polar surface area (TPSA) is 58.9 Å². The molecule has 3 rings (SSSR count). The van der Waals surface area contributed by atoms with Crippen molar-refractivity contribution in [3.05, 3.63) is 65.0 Å². The predicted octanol–water partition coefficient (Wildman–Crippen LogP) is 2.97. The first-order valence-electron chi connectivity index (χ1n) is 6.43. The number of carbonyl (C=O) groups excluding carboxylic acids is 1. The Morgan fingerprint density at radius 3 is 2.67 bits per heavy atom. The van der Waals surface area contributed by atoms with Gasteiger partial charge in [0.1, 0.15) is 23.9 Å². The number of rotatable bonds is 3. The molecule has 0 atom stereocenters. The highest BCUT2D eigenvalue weighted by molar-refractivity contribution is 6.49. The standard InChI is InChI=1S/C16H12FNO3/c17-12-3-1-10(2-4-12)9-21-13-5-6-14-11(7-13)8-15(18-20)16(14)19/h1-7,20H,8-9H2. The summed E-state index contributed by atoms with van der Waals surface area (Å²) in [5, 5.41) is 11.8. The molecule has 0 aromatic heterocycles. The van der Waals surface area contributed by atoms with Gasteiger partial charge in [0.05, 0.1) is 0 Å². The quantitative estimate of drug-likeness (QED) is 0.696. The molecule has 5 heteroatoms. The van der Waals surface area contributed by atoms with Gasteiger partial charge in [-0.05, 0) is 41.5 Å². The lowest BCUT2D eigenvalue weighted by molar-refractivity contribution is 0.106. The molecule has 0 bridgehead atoms. The van der Waals surface area contributed by atoms with E-state index in [2.05, 4.69) is 5.16 Å². The van der Waals surface area contributed by atoms with Gasteiger partial charge in [-0.2, -0.15) is 0 Å². The molecule has 2 aromatic rings. The molecule has 2 aromatic carbocycles. The fourth-order valence-electron chi connectivity index (χ4n) is 2.27. The number of ether oxygens (including phenoxy) is 1. The van der Waals surface area contributed by atoms with Gasteiger partial charge in [-0.3, -0.25) is 4.79 Å². The molecule has 0 amide bonds. The highest BCUT2D eigenvalue weighted by Crippen LogP contribution is 2.25. The maximum Gasteiger partial charge on any atom is 0.211 e. The fraction of sp³-hybridized carbons (Fsp3) is 0.125. The Bertz CT molecular complexity index is 723. The van der Waals surface area contributed by atoms with Gasteiger partial charge in [0, 0.05) is 12.0 Å². The molecule has 0 fully saturated rings. The average Bonchev–Trinajstić information content (AvgIpc) is 2.82. The summed E-state index contributed by atoms with van der Waals surface area (Å²) in [7, 11) is 0. The zero-order valence-electron chi connectivity index (χ0n) is 11.0. The molecule has 0 heterocycles. The number of ketones is 1. The maximum atomic E-state index is 12.8. The monoisotopic (exact) mass is 285 g/mol. The third-order valence-electron chi connectivity index (χ3n) is 3.38. The highest BCUT2D eigenvalue weighted by Gasteiger charge is 2.27. The van der Waals surface area contributed by atoms with Crippen molar-refractivity contribution >= 4 is 11.5 Å². The Hall–Kier alpha value is -2.69. The molecule has 0 unspecified atom stereocenters. The number of oxime groups is 1. The van der Waals surface area contributed by atoms with Gasteiger partial charge in [-0.15, -0.1) is 0 Å². The number of carbonyl (C=O) groups is 1. The van der Waals surface area contributed by atoms with Crippen molar-refractivity contribution in [3.8, 4) is 5.75 Å². The van der Waals surface area contributed by atoms with Crippen molar-refractivity contribution < 1.29 is 19.1 Å². The minimum atomic E-state index is -0.286. The van der Waals surface area contributed by atoms with Crippen LogP contribution >= 0.6 is 0 Å². The smallest absolute Gasteiger partial charge is 0.211 e. The number of hydrogen-bond donors (Lipinski definition) is 1. The van der Waals surface area contributed by atoms with Crippen molar-refractivity contribution in [2.45, 2.75) is 13.0 Å². The Morgan fingerprint density at radius 2 is 1.95 bits per heavy atom. The summed E-state index contributed by atoms with van der Waals surface area (Å²) in [6, 6.07) is 11.2. The maximum absolute atomic E-state index is 12.8. The summed E-state index contributed by atoms with van der Waals surface area (Å²) in [5.74, 6) is 0.0771. The summed E-state index contributed by atoms with van der Waals surface area (Å²) >= 11 is 0. The summed E-state index contributed by atoms with van der Waals surface area (Å²) in [4.78, 5) is 11.8. The Balaban J connectivity index is 1.74. The minimum absolute atomic E-state index is 0.140. The molecule has 0 saturated carbocycles. The van der Waals surface area contributed by atoms with E-state index in [-0.39, 0.29) is 17.3 Å². The minimum Gasteiger partial charge on any atom is -0.489 e. The molecule has 1 aliphatic carbocycles. The van der Waals surface area contributed by atoms with Crippen molar-refractivity contribution in [1.82, 2.24) is 0 Å². The SMILES string of the molecule is O=C1C(=NO)Cc2cc(OCc3ccc(F)cc3)ccc21. The second-order valence-corrected chi connectivity index (χ2v) is 4.79. The second kappa shape index (κ2) is 5.36. The van der Waals surface area contributed by atoms with Gasteiger partial charge < -0.3 is 9.94 Å². The lowest BCUT2D eigenvalue weighted by Crippen LogP contribution is -2.06. The van der Waals surface area contributed by atoms with E-state index >= 15 is 0 Å². The molecule has 0 aliphatic heterocycles. The zero-order valence-corrected chi connectivity index (χ0v) is 11.0. The van der Waals surface area contributed by atoms with Crippen LogP contribution in [0.15, 0.2) is 47.6 Å². The fourth-order valence-corrected chi connectivity index (χ4v) is 2.27. The highest BCUT2D eigenvalue weighted by atomic mass is 19.1. The lowest BCUT2D eigenvalue weighted by atomic mass is 10.1. The summed E-state index contributed by atoms with van der Waals surface area (Å²) in [6.45, 7) is 0.313. The van der Waals surface area contributed by atoms with Crippen LogP contribution in [0.1, 0.15) is 21.5 Å². The average molecular weight is 285 g/mol. The largest absolute Gasteiger partial charge is 0.489 e. The van der Waals surface area contributed by atoms with Gasteiger partial charge >= 0.3 is 0 Å². The lowest BCUT2D eigenvalue weighted by Gasteiger charge is -2.07. The van der Waals surface area contributed by atoms with Crippen molar-refractivity contribution in [1.29, 1.82) is 0 Å². The number of halogens is 1. The Morgan fingerprint density at radius 1 is 1.19 bits per heavy atom. The van der Waals surface area contributed by atoms with E-state index in [4.69, 9.17) is 9.94 Å². The molecule has 0 spiro atoms. The molecule has 1 N–H and O–H groups in total. The molecule has 106 valence electrons. The molecule has 4 nitrogen and oxygen atoms in total. The number of nitrogens with zero attached hydrogens (tertiary/aromatic N) is 1. The first kappa shape index (κ1) is 13.3. The third kappa shape index (κ3) is 2.63. The molecular weight excluding hydrogens is 273 g/mol. The zero-order chi connectivity index (χ0) is 14.8. The number of fused-ring (bicyclic) bond motifs is 1. The van der Waals surface area contributed by atoms with Crippen LogP contribution in [-0.4, -0.2) is 16.7 Å². The van der Waals surface area contributed by atoms with Crippen LogP contribution in [0.3, 0.4) is 0 Å². The van der Waals surface area contributed by atoms with E-state index in [1.165, 1.54) is 12.1 Å². The van der Waals surface area contributed by atoms with Crippen LogP contribution in [-0.2, 0) is 13.0 Å². The summed E-state index contributed by atoms with van der Waals surface area (Å²) < 4.78 is 18.4. The van der Waals surface area contributed by atoms with Gasteiger partial charge in [0.2, 0.25) is 5.78 Å². The van der Waals surface area contributed by atoms with Gasteiger partial charge in [0.15, 0.2) is 0 Å². The number of Topliss-reactive ketones (excluding diaryl/α,β-unsaturated/α-hetero) is 1. The van der Waals surface area contributed by atoms with Crippen LogP contribution < -0.4 is 4.74 Å². The second-order valence-electron chi connectivity index (χ2n) is 4.79.